The van der Waals surface area contributed by atoms with Crippen LogP contribution in [0.3, 0.4) is 0 Å². The van der Waals surface area contributed by atoms with Gasteiger partial charge in [-0.15, -0.1) is 0 Å². The number of rotatable bonds is 7. The number of para-hydroxylation sites is 2. The normalized spacial score (nSPS) is 11.7. The molecule has 0 saturated heterocycles. The van der Waals surface area contributed by atoms with Crippen LogP contribution in [-0.4, -0.2) is 22.6 Å². The summed E-state index contributed by atoms with van der Waals surface area (Å²) in [4.78, 5) is 10.3. The first-order valence-electron chi connectivity index (χ1n) is 18.8. The molecule has 0 amide bonds. The van der Waals surface area contributed by atoms with Crippen LogP contribution in [0.4, 0.5) is 0 Å². The SMILES string of the molecule is C[Si](c1ccccc1)(c1ccccc1)c1ccc2c3ccccc3n(-c3ccc(-c4nc(-c5ccc(-c6ccccc6)cc5)c5ccccc5n4)cc3)c2c1. The quantitative estimate of drug-likeness (QED) is 0.121. The summed E-state index contributed by atoms with van der Waals surface area (Å²) in [7, 11) is -2.33. The highest BCUT2D eigenvalue weighted by Gasteiger charge is 2.34. The molecule has 0 unspecified atom stereocenters. The van der Waals surface area contributed by atoms with Crippen molar-refractivity contribution in [2.24, 2.45) is 0 Å². The fourth-order valence-corrected chi connectivity index (χ4v) is 11.8. The van der Waals surface area contributed by atoms with Crippen LogP contribution < -0.4 is 15.6 Å². The van der Waals surface area contributed by atoms with E-state index in [1.807, 2.05) is 12.1 Å². The largest absolute Gasteiger partial charge is 0.309 e. The predicted octanol–water partition coefficient (Wildman–Crippen LogP) is 10.8. The minimum Gasteiger partial charge on any atom is -0.309 e. The van der Waals surface area contributed by atoms with Gasteiger partial charge >= 0.3 is 0 Å². The molecular weight excluding hydrogens is 683 g/mol. The Labute approximate surface area is 321 Å². The molecule has 0 aliphatic carbocycles. The first-order valence-corrected chi connectivity index (χ1v) is 21.3. The zero-order valence-corrected chi connectivity index (χ0v) is 31.5. The van der Waals surface area contributed by atoms with Crippen LogP contribution in [0.25, 0.3) is 72.2 Å². The van der Waals surface area contributed by atoms with Gasteiger partial charge in [0.15, 0.2) is 5.82 Å². The van der Waals surface area contributed by atoms with Gasteiger partial charge in [0, 0.05) is 33.0 Å². The number of hydrogen-bond donors (Lipinski definition) is 0. The van der Waals surface area contributed by atoms with Gasteiger partial charge in [-0.3, -0.25) is 0 Å². The lowest BCUT2D eigenvalue weighted by atomic mass is 10.0. The molecular formula is C51H37N3Si. The van der Waals surface area contributed by atoms with Gasteiger partial charge in [-0.05, 0) is 69.2 Å². The van der Waals surface area contributed by atoms with Crippen LogP contribution in [0, 0.1) is 0 Å². The lowest BCUT2D eigenvalue weighted by molar-refractivity contribution is 1.17. The number of aromatic nitrogens is 3. The van der Waals surface area contributed by atoms with Gasteiger partial charge in [-0.1, -0.05) is 170 Å². The molecule has 0 aliphatic rings. The van der Waals surface area contributed by atoms with E-state index in [1.165, 1.54) is 48.5 Å². The maximum absolute atomic E-state index is 5.22. The minimum atomic E-state index is -2.33. The summed E-state index contributed by atoms with van der Waals surface area (Å²) in [6, 6.07) is 74.3. The van der Waals surface area contributed by atoms with E-state index in [2.05, 4.69) is 205 Å². The summed E-state index contributed by atoms with van der Waals surface area (Å²) < 4.78 is 2.42. The van der Waals surface area contributed by atoms with E-state index in [-0.39, 0.29) is 0 Å². The van der Waals surface area contributed by atoms with Crippen LogP contribution in [0.15, 0.2) is 206 Å². The highest BCUT2D eigenvalue weighted by molar-refractivity contribution is 7.10. The summed E-state index contributed by atoms with van der Waals surface area (Å²) in [5.74, 6) is 0.712. The first-order chi connectivity index (χ1) is 27.1. The molecule has 0 saturated carbocycles. The van der Waals surface area contributed by atoms with Crippen molar-refractivity contribution in [2.75, 3.05) is 0 Å². The van der Waals surface area contributed by atoms with E-state index >= 15 is 0 Å². The molecule has 0 spiro atoms. The predicted molar refractivity (Wildman–Crippen MR) is 234 cm³/mol. The summed E-state index contributed by atoms with van der Waals surface area (Å²) in [5.41, 5.74) is 9.79. The second-order valence-corrected chi connectivity index (χ2v) is 18.3. The smallest absolute Gasteiger partial charge is 0.160 e. The Hall–Kier alpha value is -6.88. The summed E-state index contributed by atoms with van der Waals surface area (Å²) >= 11 is 0. The van der Waals surface area contributed by atoms with Gasteiger partial charge in [-0.2, -0.15) is 0 Å². The van der Waals surface area contributed by atoms with E-state index in [1.54, 1.807) is 0 Å². The lowest BCUT2D eigenvalue weighted by Gasteiger charge is -2.29. The van der Waals surface area contributed by atoms with Crippen molar-refractivity contribution < 1.29 is 0 Å². The van der Waals surface area contributed by atoms with Crippen molar-refractivity contribution in [1.82, 2.24) is 14.5 Å². The highest BCUT2D eigenvalue weighted by atomic mass is 28.3. The third kappa shape index (κ3) is 5.66. The second kappa shape index (κ2) is 13.5. The Morgan fingerprint density at radius 3 is 1.60 bits per heavy atom. The Bertz CT molecular complexity index is 2920. The van der Waals surface area contributed by atoms with Crippen molar-refractivity contribution >= 4 is 56.3 Å². The molecule has 0 fully saturated rings. The zero-order chi connectivity index (χ0) is 36.8. The maximum Gasteiger partial charge on any atom is 0.160 e. The molecule has 0 bridgehead atoms. The van der Waals surface area contributed by atoms with E-state index in [9.17, 15) is 0 Å². The van der Waals surface area contributed by atoms with Gasteiger partial charge in [0.2, 0.25) is 0 Å². The van der Waals surface area contributed by atoms with Gasteiger partial charge < -0.3 is 4.57 Å². The van der Waals surface area contributed by atoms with E-state index in [0.29, 0.717) is 5.82 Å². The Balaban J connectivity index is 1.09. The molecule has 10 aromatic rings. The third-order valence-corrected chi connectivity index (χ3v) is 15.6. The fourth-order valence-electron chi connectivity index (χ4n) is 8.24. The minimum absolute atomic E-state index is 0.712. The topological polar surface area (TPSA) is 30.7 Å². The van der Waals surface area contributed by atoms with Gasteiger partial charge in [0.1, 0.15) is 8.07 Å². The first kappa shape index (κ1) is 32.7. The van der Waals surface area contributed by atoms with Crippen molar-refractivity contribution in [1.29, 1.82) is 0 Å². The molecule has 2 heterocycles. The van der Waals surface area contributed by atoms with Crippen molar-refractivity contribution in [3.05, 3.63) is 206 Å². The van der Waals surface area contributed by atoms with Crippen molar-refractivity contribution in [3.63, 3.8) is 0 Å². The van der Waals surface area contributed by atoms with Crippen molar-refractivity contribution in [2.45, 2.75) is 6.55 Å². The second-order valence-electron chi connectivity index (χ2n) is 14.3. The fraction of sp³-hybridized carbons (Fsp3) is 0.0196. The zero-order valence-electron chi connectivity index (χ0n) is 30.5. The Morgan fingerprint density at radius 2 is 0.909 bits per heavy atom. The molecule has 0 aliphatic heterocycles. The molecule has 55 heavy (non-hydrogen) atoms. The van der Waals surface area contributed by atoms with Gasteiger partial charge in [-0.25, -0.2) is 9.97 Å². The molecule has 10 rings (SSSR count). The van der Waals surface area contributed by atoms with E-state index in [0.717, 1.165) is 33.4 Å². The highest BCUT2D eigenvalue weighted by Crippen LogP contribution is 2.34. The van der Waals surface area contributed by atoms with E-state index in [4.69, 9.17) is 9.97 Å². The van der Waals surface area contributed by atoms with Crippen LogP contribution >= 0.6 is 0 Å². The molecule has 260 valence electrons. The number of hydrogen-bond acceptors (Lipinski definition) is 2. The maximum atomic E-state index is 5.22. The van der Waals surface area contributed by atoms with Crippen molar-refractivity contribution in [3.8, 4) is 39.5 Å². The van der Waals surface area contributed by atoms with Crippen LogP contribution in [0.2, 0.25) is 6.55 Å². The molecule has 8 aromatic carbocycles. The Morgan fingerprint density at radius 1 is 0.382 bits per heavy atom. The summed E-state index contributed by atoms with van der Waals surface area (Å²) in [5, 5.41) is 7.72. The number of nitrogens with zero attached hydrogens (tertiary/aromatic N) is 3. The van der Waals surface area contributed by atoms with Gasteiger partial charge in [0.25, 0.3) is 0 Å². The van der Waals surface area contributed by atoms with Gasteiger partial charge in [0.05, 0.1) is 22.2 Å². The average Bonchev–Trinajstić information content (AvgIpc) is 3.60. The Kier molecular flexibility index (Phi) is 8.04. The van der Waals surface area contributed by atoms with Crippen LogP contribution in [0.1, 0.15) is 0 Å². The standard InChI is InChI=1S/C51H37N3Si/c1-55(41-17-7-3-8-18-41,42-19-9-4-10-20-42)43-33-34-45-44-21-12-14-24-48(44)54(49(45)35-43)40-31-29-39(30-32-40)51-52-47-23-13-11-22-46(47)50(53-51)38-27-25-37(26-28-38)36-15-5-2-6-16-36/h2-35H,1H3. The molecule has 4 heteroatoms. The van der Waals surface area contributed by atoms with E-state index < -0.39 is 8.07 Å². The monoisotopic (exact) mass is 719 g/mol. The molecule has 0 radical (unpaired) electrons. The average molecular weight is 720 g/mol. The lowest BCUT2D eigenvalue weighted by Crippen LogP contribution is -2.64. The number of benzene rings is 8. The van der Waals surface area contributed by atoms with Crippen LogP contribution in [-0.2, 0) is 0 Å². The summed E-state index contributed by atoms with van der Waals surface area (Å²) in [6.07, 6.45) is 0. The molecule has 0 N–H and O–H groups in total. The molecule has 2 aromatic heterocycles. The molecule has 3 nitrogen and oxygen atoms in total. The molecule has 0 atom stereocenters. The summed E-state index contributed by atoms with van der Waals surface area (Å²) in [6.45, 7) is 2.48. The number of fused-ring (bicyclic) bond motifs is 4. The third-order valence-electron chi connectivity index (χ3n) is 11.2. The van der Waals surface area contributed by atoms with Crippen LogP contribution in [0.5, 0.6) is 0 Å².